The first-order chi connectivity index (χ1) is 12.7. The summed E-state index contributed by atoms with van der Waals surface area (Å²) in [6.07, 6.45) is 6.07. The molecule has 7 nitrogen and oxygen atoms in total. The molecular formula is C19H24N4O3. The maximum atomic E-state index is 13.0. The van der Waals surface area contributed by atoms with Crippen molar-refractivity contribution in [1.82, 2.24) is 19.4 Å². The molecule has 2 aromatic heterocycles. The van der Waals surface area contributed by atoms with E-state index in [0.717, 1.165) is 30.6 Å². The number of imidazole rings is 1. The largest absolute Gasteiger partial charge is 0.480 e. The number of methoxy groups -OCH3 is 1. The van der Waals surface area contributed by atoms with E-state index in [-0.39, 0.29) is 11.9 Å². The van der Waals surface area contributed by atoms with E-state index >= 15 is 0 Å². The number of pyridine rings is 1. The molecule has 1 amide bonds. The lowest BCUT2D eigenvalue weighted by molar-refractivity contribution is 0.0622. The molecule has 1 aliphatic heterocycles. The van der Waals surface area contributed by atoms with E-state index in [4.69, 9.17) is 9.47 Å². The molecular weight excluding hydrogens is 332 g/mol. The number of hydrogen-bond acceptors (Lipinski definition) is 5. The van der Waals surface area contributed by atoms with E-state index in [1.54, 1.807) is 18.3 Å². The molecule has 0 saturated heterocycles. The lowest BCUT2D eigenvalue weighted by atomic mass is 10.1. The summed E-state index contributed by atoms with van der Waals surface area (Å²) in [5.74, 6) is 1.92. The quantitative estimate of drug-likeness (QED) is 0.795. The minimum Gasteiger partial charge on any atom is -0.480 e. The molecule has 0 spiro atoms. The zero-order chi connectivity index (χ0) is 18.1. The molecule has 0 radical (unpaired) electrons. The fourth-order valence-corrected chi connectivity index (χ4v) is 3.44. The van der Waals surface area contributed by atoms with Crippen LogP contribution in [-0.4, -0.2) is 45.6 Å². The predicted molar refractivity (Wildman–Crippen MR) is 94.8 cm³/mol. The topological polar surface area (TPSA) is 69.5 Å². The highest BCUT2D eigenvalue weighted by Crippen LogP contribution is 2.30. The molecule has 4 rings (SSSR count). The Morgan fingerprint density at radius 1 is 1.31 bits per heavy atom. The maximum absolute atomic E-state index is 13.0. The van der Waals surface area contributed by atoms with Gasteiger partial charge in [0.1, 0.15) is 11.4 Å². The fraction of sp³-hybridized carbons (Fsp3) is 0.526. The summed E-state index contributed by atoms with van der Waals surface area (Å²) in [5.41, 5.74) is 1.56. The van der Waals surface area contributed by atoms with Crippen LogP contribution in [0.4, 0.5) is 0 Å². The Kier molecular flexibility index (Phi) is 4.63. The minimum atomic E-state index is -0.113. The van der Waals surface area contributed by atoms with Gasteiger partial charge in [0.25, 0.3) is 5.91 Å². The van der Waals surface area contributed by atoms with E-state index in [9.17, 15) is 4.79 Å². The van der Waals surface area contributed by atoms with Crippen LogP contribution in [0.2, 0.25) is 0 Å². The Labute approximate surface area is 152 Å². The SMILES string of the molecule is COc1ncccc1C(=O)N1CCn2c(COCC3CC3)cnc2[C@@H]1C. The predicted octanol–water partition coefficient (Wildman–Crippen LogP) is 2.43. The van der Waals surface area contributed by atoms with Crippen molar-refractivity contribution < 1.29 is 14.3 Å². The summed E-state index contributed by atoms with van der Waals surface area (Å²) in [6.45, 7) is 4.77. The van der Waals surface area contributed by atoms with E-state index in [2.05, 4.69) is 14.5 Å². The molecule has 0 unspecified atom stereocenters. The first-order valence-corrected chi connectivity index (χ1v) is 9.11. The number of rotatable bonds is 6. The first kappa shape index (κ1) is 17.0. The number of amides is 1. The number of carbonyl (C=O) groups is 1. The van der Waals surface area contributed by atoms with Gasteiger partial charge in [-0.1, -0.05) is 0 Å². The van der Waals surface area contributed by atoms with Crippen LogP contribution in [0.15, 0.2) is 24.5 Å². The summed E-state index contributed by atoms with van der Waals surface area (Å²) in [4.78, 5) is 23.5. The number of nitrogens with zero attached hydrogens (tertiary/aromatic N) is 4. The van der Waals surface area contributed by atoms with Gasteiger partial charge in [-0.3, -0.25) is 4.79 Å². The molecule has 1 fully saturated rings. The summed E-state index contributed by atoms with van der Waals surface area (Å²) >= 11 is 0. The molecule has 26 heavy (non-hydrogen) atoms. The monoisotopic (exact) mass is 356 g/mol. The molecule has 1 aliphatic carbocycles. The molecule has 1 saturated carbocycles. The molecule has 1 atom stereocenters. The summed E-state index contributed by atoms with van der Waals surface area (Å²) in [6, 6.07) is 3.39. The van der Waals surface area contributed by atoms with Crippen molar-refractivity contribution in [3.8, 4) is 5.88 Å². The van der Waals surface area contributed by atoms with Gasteiger partial charge in [0, 0.05) is 25.9 Å². The van der Waals surface area contributed by atoms with Gasteiger partial charge in [-0.05, 0) is 37.8 Å². The maximum Gasteiger partial charge on any atom is 0.260 e. The van der Waals surface area contributed by atoms with Crippen molar-refractivity contribution in [2.45, 2.75) is 39.0 Å². The van der Waals surface area contributed by atoms with E-state index in [1.165, 1.54) is 20.0 Å². The number of carbonyl (C=O) groups excluding carboxylic acids is 1. The van der Waals surface area contributed by atoms with Crippen LogP contribution in [-0.2, 0) is 17.9 Å². The number of ether oxygens (including phenoxy) is 2. The Morgan fingerprint density at radius 3 is 2.92 bits per heavy atom. The highest BCUT2D eigenvalue weighted by atomic mass is 16.5. The molecule has 2 aromatic rings. The van der Waals surface area contributed by atoms with Gasteiger partial charge in [0.2, 0.25) is 5.88 Å². The average molecular weight is 356 g/mol. The van der Waals surface area contributed by atoms with Gasteiger partial charge in [0.05, 0.1) is 31.6 Å². The Hall–Kier alpha value is -2.41. The van der Waals surface area contributed by atoms with E-state index in [0.29, 0.717) is 24.6 Å². The molecule has 0 bridgehead atoms. The Bertz CT molecular complexity index is 800. The van der Waals surface area contributed by atoms with Gasteiger partial charge in [-0.2, -0.15) is 0 Å². The van der Waals surface area contributed by atoms with Gasteiger partial charge >= 0.3 is 0 Å². The molecule has 3 heterocycles. The van der Waals surface area contributed by atoms with Crippen LogP contribution >= 0.6 is 0 Å². The van der Waals surface area contributed by atoms with Crippen LogP contribution in [0, 0.1) is 5.92 Å². The average Bonchev–Trinajstić information content (AvgIpc) is 3.40. The van der Waals surface area contributed by atoms with Crippen molar-refractivity contribution >= 4 is 5.91 Å². The molecule has 0 aromatic carbocycles. The van der Waals surface area contributed by atoms with Gasteiger partial charge < -0.3 is 18.9 Å². The van der Waals surface area contributed by atoms with Crippen molar-refractivity contribution in [2.24, 2.45) is 5.92 Å². The Morgan fingerprint density at radius 2 is 2.15 bits per heavy atom. The molecule has 2 aliphatic rings. The van der Waals surface area contributed by atoms with Crippen molar-refractivity contribution in [3.05, 3.63) is 41.6 Å². The standard InChI is InChI=1S/C19H24N4O3/c1-13-17-21-10-15(12-26-11-14-5-6-14)23(17)9-8-22(13)19(24)16-4-3-7-20-18(16)25-2/h3-4,7,10,13-14H,5-6,8-9,11-12H2,1-2H3/t13-/m0/s1. The van der Waals surface area contributed by atoms with Crippen LogP contribution in [0.25, 0.3) is 0 Å². The lowest BCUT2D eigenvalue weighted by Gasteiger charge is -2.34. The number of aromatic nitrogens is 3. The second-order valence-electron chi connectivity index (χ2n) is 6.95. The zero-order valence-electron chi connectivity index (χ0n) is 15.2. The van der Waals surface area contributed by atoms with Crippen LogP contribution in [0.1, 0.15) is 47.7 Å². The smallest absolute Gasteiger partial charge is 0.260 e. The van der Waals surface area contributed by atoms with Crippen LogP contribution in [0.3, 0.4) is 0 Å². The third kappa shape index (κ3) is 3.19. The zero-order valence-corrected chi connectivity index (χ0v) is 15.2. The van der Waals surface area contributed by atoms with Crippen molar-refractivity contribution in [3.63, 3.8) is 0 Å². The van der Waals surface area contributed by atoms with E-state index in [1.807, 2.05) is 18.0 Å². The third-order valence-electron chi connectivity index (χ3n) is 5.13. The summed E-state index contributed by atoms with van der Waals surface area (Å²) < 4.78 is 13.2. The van der Waals surface area contributed by atoms with Gasteiger partial charge in [0.15, 0.2) is 0 Å². The third-order valence-corrected chi connectivity index (χ3v) is 5.13. The second-order valence-corrected chi connectivity index (χ2v) is 6.95. The fourth-order valence-electron chi connectivity index (χ4n) is 3.44. The van der Waals surface area contributed by atoms with E-state index < -0.39 is 0 Å². The number of fused-ring (bicyclic) bond motifs is 1. The normalized spacial score (nSPS) is 19.3. The van der Waals surface area contributed by atoms with Crippen molar-refractivity contribution in [2.75, 3.05) is 20.3 Å². The van der Waals surface area contributed by atoms with Gasteiger partial charge in [-0.15, -0.1) is 0 Å². The molecule has 7 heteroatoms. The highest BCUT2D eigenvalue weighted by molar-refractivity contribution is 5.96. The molecule has 0 N–H and O–H groups in total. The Balaban J connectivity index is 1.49. The summed E-state index contributed by atoms with van der Waals surface area (Å²) in [5, 5.41) is 0. The van der Waals surface area contributed by atoms with Crippen molar-refractivity contribution in [1.29, 1.82) is 0 Å². The highest BCUT2D eigenvalue weighted by Gasteiger charge is 2.32. The van der Waals surface area contributed by atoms with Gasteiger partial charge in [-0.25, -0.2) is 9.97 Å². The minimum absolute atomic E-state index is 0.0803. The lowest BCUT2D eigenvalue weighted by Crippen LogP contribution is -2.41. The first-order valence-electron chi connectivity index (χ1n) is 9.11. The molecule has 138 valence electrons. The van der Waals surface area contributed by atoms with Crippen LogP contribution < -0.4 is 4.74 Å². The number of hydrogen-bond donors (Lipinski definition) is 0. The summed E-state index contributed by atoms with van der Waals surface area (Å²) in [7, 11) is 1.53. The second kappa shape index (κ2) is 7.07. The van der Waals surface area contributed by atoms with Crippen LogP contribution in [0.5, 0.6) is 5.88 Å².